The van der Waals surface area contributed by atoms with Crippen molar-refractivity contribution in [3.63, 3.8) is 0 Å². The van der Waals surface area contributed by atoms with Crippen LogP contribution < -0.4 is 10.0 Å². The fourth-order valence-electron chi connectivity index (χ4n) is 2.01. The minimum atomic E-state index is -3.69. The molecule has 22 heavy (non-hydrogen) atoms. The minimum Gasteiger partial charge on any atom is -0.306 e. The highest BCUT2D eigenvalue weighted by atomic mass is 32.2. The smallest absolute Gasteiger partial charge is 0.270 e. The number of carbonyl (C=O) groups excluding carboxylic acids is 1. The average molecular weight is 347 g/mol. The molecule has 8 nitrogen and oxygen atoms in total. The highest BCUT2D eigenvalue weighted by molar-refractivity contribution is 7.91. The first-order valence-corrected chi connectivity index (χ1v) is 9.43. The number of aromatic nitrogens is 2. The van der Waals surface area contributed by atoms with Gasteiger partial charge < -0.3 is 10.2 Å². The van der Waals surface area contributed by atoms with E-state index in [0.717, 1.165) is 37.3 Å². The van der Waals surface area contributed by atoms with Gasteiger partial charge in [-0.2, -0.15) is 0 Å². The zero-order valence-corrected chi connectivity index (χ0v) is 14.5. The molecule has 1 aromatic rings. The summed E-state index contributed by atoms with van der Waals surface area (Å²) < 4.78 is 27.1. The van der Waals surface area contributed by atoms with Crippen LogP contribution in [0.4, 0.5) is 5.13 Å². The van der Waals surface area contributed by atoms with E-state index >= 15 is 0 Å². The number of nitrogens with one attached hydrogen (secondary N) is 2. The van der Waals surface area contributed by atoms with Crippen molar-refractivity contribution in [3.8, 4) is 0 Å². The lowest BCUT2D eigenvalue weighted by Crippen LogP contribution is -2.43. The molecule has 2 heterocycles. The van der Waals surface area contributed by atoms with E-state index < -0.39 is 10.0 Å². The summed E-state index contributed by atoms with van der Waals surface area (Å²) in [7, 11) is -1.67. The number of hydrogen-bond acceptors (Lipinski definition) is 7. The number of anilines is 1. The average Bonchev–Trinajstić information content (AvgIpc) is 2.90. The van der Waals surface area contributed by atoms with Crippen molar-refractivity contribution in [2.24, 2.45) is 5.92 Å². The van der Waals surface area contributed by atoms with Crippen molar-refractivity contribution in [1.29, 1.82) is 0 Å². The fourth-order valence-corrected chi connectivity index (χ4v) is 4.24. The molecule has 1 aromatic heterocycles. The number of amides is 1. The molecule has 0 radical (unpaired) electrons. The van der Waals surface area contributed by atoms with Gasteiger partial charge >= 0.3 is 0 Å². The van der Waals surface area contributed by atoms with Crippen LogP contribution in [-0.2, 0) is 14.8 Å². The van der Waals surface area contributed by atoms with Crippen LogP contribution in [0.5, 0.6) is 0 Å². The van der Waals surface area contributed by atoms with Gasteiger partial charge in [-0.3, -0.25) is 4.79 Å². The molecule has 124 valence electrons. The third kappa shape index (κ3) is 4.45. The molecule has 0 atom stereocenters. The summed E-state index contributed by atoms with van der Waals surface area (Å²) in [6, 6.07) is -0.0844. The lowest BCUT2D eigenvalue weighted by Gasteiger charge is -2.28. The minimum absolute atomic E-state index is 0.0844. The van der Waals surface area contributed by atoms with Gasteiger partial charge in [0.05, 0.1) is 0 Å². The standard InChI is InChI=1S/C12H21N5O3S2/c1-8(2)10(18)13-11-14-15-12(21-11)22(19,20)16-9-4-6-17(3)7-5-9/h8-9,16H,4-7H2,1-3H3,(H,13,14,18). The van der Waals surface area contributed by atoms with Gasteiger partial charge in [0, 0.05) is 12.0 Å². The van der Waals surface area contributed by atoms with Crippen LogP contribution in [0.3, 0.4) is 0 Å². The summed E-state index contributed by atoms with van der Waals surface area (Å²) in [5.41, 5.74) is 0. The lowest BCUT2D eigenvalue weighted by molar-refractivity contribution is -0.118. The number of sulfonamides is 1. The third-order valence-corrected chi connectivity index (χ3v) is 6.16. The summed E-state index contributed by atoms with van der Waals surface area (Å²) >= 11 is 0.860. The molecule has 2 rings (SSSR count). The third-order valence-electron chi connectivity index (χ3n) is 3.43. The Morgan fingerprint density at radius 3 is 2.55 bits per heavy atom. The Balaban J connectivity index is 2.01. The molecule has 1 aliphatic heterocycles. The van der Waals surface area contributed by atoms with Gasteiger partial charge in [0.25, 0.3) is 10.0 Å². The van der Waals surface area contributed by atoms with Crippen molar-refractivity contribution in [2.45, 2.75) is 37.1 Å². The van der Waals surface area contributed by atoms with E-state index in [-0.39, 0.29) is 27.3 Å². The molecule has 0 aliphatic carbocycles. The maximum absolute atomic E-state index is 12.3. The monoisotopic (exact) mass is 347 g/mol. The molecule has 1 amide bonds. The van der Waals surface area contributed by atoms with Crippen molar-refractivity contribution in [1.82, 2.24) is 19.8 Å². The normalized spacial score (nSPS) is 17.8. The SMILES string of the molecule is CC(C)C(=O)Nc1nnc(S(=O)(=O)NC2CCN(C)CC2)s1. The Bertz CT molecular complexity index is 620. The summed E-state index contributed by atoms with van der Waals surface area (Å²) in [6.45, 7) is 5.21. The molecular weight excluding hydrogens is 326 g/mol. The first kappa shape index (κ1) is 17.3. The van der Waals surface area contributed by atoms with E-state index in [9.17, 15) is 13.2 Å². The van der Waals surface area contributed by atoms with Crippen LogP contribution in [0.2, 0.25) is 0 Å². The summed E-state index contributed by atoms with van der Waals surface area (Å²) in [5.74, 6) is -0.426. The molecule has 2 N–H and O–H groups in total. The van der Waals surface area contributed by atoms with Gasteiger partial charge in [0.2, 0.25) is 15.4 Å². The molecular formula is C12H21N5O3S2. The molecule has 1 fully saturated rings. The van der Waals surface area contributed by atoms with Crippen molar-refractivity contribution in [3.05, 3.63) is 0 Å². The van der Waals surface area contributed by atoms with Crippen molar-refractivity contribution >= 4 is 32.4 Å². The molecule has 0 unspecified atom stereocenters. The molecule has 0 saturated carbocycles. The number of carbonyl (C=O) groups is 1. The van der Waals surface area contributed by atoms with Crippen LogP contribution >= 0.6 is 11.3 Å². The Kier molecular flexibility index (Phi) is 5.48. The first-order chi connectivity index (χ1) is 10.3. The quantitative estimate of drug-likeness (QED) is 0.752. The van der Waals surface area contributed by atoms with E-state index in [1.807, 2.05) is 7.05 Å². The van der Waals surface area contributed by atoms with Crippen molar-refractivity contribution < 1.29 is 13.2 Å². The van der Waals surface area contributed by atoms with Gasteiger partial charge in [-0.05, 0) is 33.0 Å². The van der Waals surface area contributed by atoms with Crippen LogP contribution in [0, 0.1) is 5.92 Å². The predicted molar refractivity (Wildman–Crippen MR) is 84.2 cm³/mol. The van der Waals surface area contributed by atoms with Crippen LogP contribution in [0.25, 0.3) is 0 Å². The maximum Gasteiger partial charge on any atom is 0.270 e. The van der Waals surface area contributed by atoms with Crippen molar-refractivity contribution in [2.75, 3.05) is 25.5 Å². The molecule has 0 spiro atoms. The molecule has 1 saturated heterocycles. The largest absolute Gasteiger partial charge is 0.306 e. The number of likely N-dealkylation sites (tertiary alicyclic amines) is 1. The fraction of sp³-hybridized carbons (Fsp3) is 0.750. The van der Waals surface area contributed by atoms with Crippen LogP contribution in [-0.4, -0.2) is 55.6 Å². The highest BCUT2D eigenvalue weighted by Crippen LogP contribution is 2.21. The number of rotatable bonds is 5. The zero-order valence-electron chi connectivity index (χ0n) is 12.9. The molecule has 1 aliphatic rings. The van der Waals surface area contributed by atoms with Crippen LogP contribution in [0.15, 0.2) is 4.34 Å². The highest BCUT2D eigenvalue weighted by Gasteiger charge is 2.26. The Hall–Kier alpha value is -1.10. The Labute approximate surface area is 134 Å². The molecule has 0 aromatic carbocycles. The van der Waals surface area contributed by atoms with E-state index in [1.165, 1.54) is 0 Å². The van der Waals surface area contributed by atoms with Gasteiger partial charge in [-0.15, -0.1) is 10.2 Å². The van der Waals surface area contributed by atoms with E-state index in [0.29, 0.717) is 0 Å². The van der Waals surface area contributed by atoms with E-state index in [1.54, 1.807) is 13.8 Å². The number of hydrogen-bond donors (Lipinski definition) is 2. The summed E-state index contributed by atoms with van der Waals surface area (Å²) in [4.78, 5) is 13.7. The molecule has 10 heteroatoms. The predicted octanol–water partition coefficient (Wildman–Crippen LogP) is 0.505. The maximum atomic E-state index is 12.3. The second kappa shape index (κ2) is 6.99. The van der Waals surface area contributed by atoms with E-state index in [4.69, 9.17) is 0 Å². The summed E-state index contributed by atoms with van der Waals surface area (Å²) in [6.07, 6.45) is 1.54. The topological polar surface area (TPSA) is 104 Å². The lowest BCUT2D eigenvalue weighted by atomic mass is 10.1. The molecule has 0 bridgehead atoms. The van der Waals surface area contributed by atoms with Crippen LogP contribution in [0.1, 0.15) is 26.7 Å². The summed E-state index contributed by atoms with van der Waals surface area (Å²) in [5, 5.41) is 10.1. The van der Waals surface area contributed by atoms with E-state index in [2.05, 4.69) is 25.1 Å². The Morgan fingerprint density at radius 1 is 1.32 bits per heavy atom. The zero-order chi connectivity index (χ0) is 16.3. The Morgan fingerprint density at radius 2 is 1.95 bits per heavy atom. The van der Waals surface area contributed by atoms with Gasteiger partial charge in [0.1, 0.15) is 0 Å². The second-order valence-corrected chi connectivity index (χ2v) is 8.58. The number of nitrogens with zero attached hydrogens (tertiary/aromatic N) is 3. The second-order valence-electron chi connectivity index (χ2n) is 5.72. The number of piperidine rings is 1. The van der Waals surface area contributed by atoms with Gasteiger partial charge in [0.15, 0.2) is 0 Å². The van der Waals surface area contributed by atoms with Gasteiger partial charge in [-0.25, -0.2) is 13.1 Å². The first-order valence-electron chi connectivity index (χ1n) is 7.13. The van der Waals surface area contributed by atoms with Gasteiger partial charge in [-0.1, -0.05) is 25.2 Å².